The van der Waals surface area contributed by atoms with Crippen molar-refractivity contribution in [1.82, 2.24) is 9.88 Å². The van der Waals surface area contributed by atoms with Crippen molar-refractivity contribution in [1.29, 1.82) is 0 Å². The standard InChI is InChI=1S/C11H18N2OS/c1-7(2)11(14)13(5)9(4)10-12-8(3)6-15-10/h6-7,9H,1-5H3/t9-/m0/s1. The second-order valence-corrected chi connectivity index (χ2v) is 5.00. The average Bonchev–Trinajstić information content (AvgIpc) is 2.61. The lowest BCUT2D eigenvalue weighted by Gasteiger charge is -2.25. The number of aryl methyl sites for hydroxylation is 1. The van der Waals surface area contributed by atoms with Crippen molar-refractivity contribution in [3.63, 3.8) is 0 Å². The summed E-state index contributed by atoms with van der Waals surface area (Å²) in [6, 6.07) is 0.0681. The Morgan fingerprint density at radius 1 is 1.47 bits per heavy atom. The highest BCUT2D eigenvalue weighted by Gasteiger charge is 2.21. The predicted molar refractivity (Wildman–Crippen MR) is 62.9 cm³/mol. The first kappa shape index (κ1) is 12.2. The Bertz CT molecular complexity index is 346. The van der Waals surface area contributed by atoms with Crippen LogP contribution in [-0.2, 0) is 4.79 Å². The SMILES string of the molecule is Cc1csc([C@H](C)N(C)C(=O)C(C)C)n1. The molecule has 0 fully saturated rings. The quantitative estimate of drug-likeness (QED) is 0.793. The molecule has 1 aromatic rings. The van der Waals surface area contributed by atoms with Gasteiger partial charge < -0.3 is 4.90 Å². The minimum absolute atomic E-state index is 0.0403. The number of hydrogen-bond acceptors (Lipinski definition) is 3. The predicted octanol–water partition coefficient (Wildman–Crippen LogP) is 2.63. The number of carbonyl (C=O) groups excluding carboxylic acids is 1. The molecule has 1 atom stereocenters. The molecule has 0 saturated heterocycles. The van der Waals surface area contributed by atoms with Crippen LogP contribution in [0.15, 0.2) is 5.38 Å². The first-order valence-electron chi connectivity index (χ1n) is 5.12. The Kier molecular flexibility index (Phi) is 3.85. The van der Waals surface area contributed by atoms with Crippen molar-refractivity contribution < 1.29 is 4.79 Å². The highest BCUT2D eigenvalue weighted by atomic mass is 32.1. The van der Waals surface area contributed by atoms with E-state index in [1.54, 1.807) is 16.2 Å². The number of nitrogens with zero attached hydrogens (tertiary/aromatic N) is 2. The number of rotatable bonds is 3. The number of aromatic nitrogens is 1. The minimum atomic E-state index is 0.0403. The third-order valence-corrected chi connectivity index (χ3v) is 3.55. The van der Waals surface area contributed by atoms with Crippen molar-refractivity contribution >= 4 is 17.2 Å². The summed E-state index contributed by atoms with van der Waals surface area (Å²) in [6.07, 6.45) is 0. The van der Waals surface area contributed by atoms with Crippen molar-refractivity contribution in [2.75, 3.05) is 7.05 Å². The largest absolute Gasteiger partial charge is 0.336 e. The molecule has 1 rings (SSSR count). The number of amides is 1. The second-order valence-electron chi connectivity index (χ2n) is 4.11. The van der Waals surface area contributed by atoms with Crippen LogP contribution in [0.3, 0.4) is 0 Å². The maximum atomic E-state index is 11.8. The molecule has 1 aromatic heterocycles. The number of carbonyl (C=O) groups is 1. The van der Waals surface area contributed by atoms with Gasteiger partial charge in [-0.3, -0.25) is 4.79 Å². The monoisotopic (exact) mass is 226 g/mol. The van der Waals surface area contributed by atoms with Crippen LogP contribution >= 0.6 is 11.3 Å². The molecular formula is C11H18N2OS. The van der Waals surface area contributed by atoms with Gasteiger partial charge in [-0.05, 0) is 13.8 Å². The van der Waals surface area contributed by atoms with Gasteiger partial charge in [0.25, 0.3) is 0 Å². The molecule has 0 aliphatic carbocycles. The van der Waals surface area contributed by atoms with E-state index in [-0.39, 0.29) is 17.9 Å². The van der Waals surface area contributed by atoms with Crippen LogP contribution in [0.4, 0.5) is 0 Å². The highest BCUT2D eigenvalue weighted by Crippen LogP contribution is 2.23. The van der Waals surface area contributed by atoms with Gasteiger partial charge >= 0.3 is 0 Å². The van der Waals surface area contributed by atoms with Crippen LogP contribution < -0.4 is 0 Å². The van der Waals surface area contributed by atoms with Gasteiger partial charge in [0.1, 0.15) is 5.01 Å². The van der Waals surface area contributed by atoms with E-state index >= 15 is 0 Å². The second kappa shape index (κ2) is 4.75. The van der Waals surface area contributed by atoms with E-state index < -0.39 is 0 Å². The zero-order valence-corrected chi connectivity index (χ0v) is 10.8. The van der Waals surface area contributed by atoms with E-state index in [1.807, 2.05) is 40.1 Å². The summed E-state index contributed by atoms with van der Waals surface area (Å²) in [6.45, 7) is 7.81. The summed E-state index contributed by atoms with van der Waals surface area (Å²) in [5, 5.41) is 3.02. The fourth-order valence-corrected chi connectivity index (χ4v) is 2.22. The molecule has 1 amide bonds. The van der Waals surface area contributed by atoms with Gasteiger partial charge in [-0.15, -0.1) is 11.3 Å². The van der Waals surface area contributed by atoms with Gasteiger partial charge in [0.15, 0.2) is 0 Å². The fraction of sp³-hybridized carbons (Fsp3) is 0.636. The maximum Gasteiger partial charge on any atom is 0.225 e. The van der Waals surface area contributed by atoms with Gasteiger partial charge in [-0.25, -0.2) is 4.98 Å². The lowest BCUT2D eigenvalue weighted by Crippen LogP contribution is -2.32. The van der Waals surface area contributed by atoms with Crippen molar-refractivity contribution in [3.05, 3.63) is 16.1 Å². The summed E-state index contributed by atoms with van der Waals surface area (Å²) < 4.78 is 0. The molecule has 0 spiro atoms. The van der Waals surface area contributed by atoms with Crippen LogP contribution in [0.5, 0.6) is 0 Å². The third kappa shape index (κ3) is 2.78. The molecule has 0 unspecified atom stereocenters. The molecule has 0 radical (unpaired) electrons. The van der Waals surface area contributed by atoms with E-state index in [0.29, 0.717) is 0 Å². The lowest BCUT2D eigenvalue weighted by molar-refractivity contribution is -0.135. The summed E-state index contributed by atoms with van der Waals surface area (Å²) in [5.41, 5.74) is 1.02. The van der Waals surface area contributed by atoms with Crippen molar-refractivity contribution in [2.24, 2.45) is 5.92 Å². The Morgan fingerprint density at radius 3 is 2.47 bits per heavy atom. The van der Waals surface area contributed by atoms with Crippen LogP contribution in [0.2, 0.25) is 0 Å². The van der Waals surface area contributed by atoms with Gasteiger partial charge in [0.2, 0.25) is 5.91 Å². The Hall–Kier alpha value is -0.900. The number of thiazole rings is 1. The molecule has 4 heteroatoms. The summed E-state index contributed by atoms with van der Waals surface area (Å²) >= 11 is 1.61. The van der Waals surface area contributed by atoms with E-state index in [2.05, 4.69) is 4.98 Å². The fourth-order valence-electron chi connectivity index (χ4n) is 1.33. The molecule has 0 aromatic carbocycles. The maximum absolute atomic E-state index is 11.8. The van der Waals surface area contributed by atoms with Crippen molar-refractivity contribution in [3.8, 4) is 0 Å². The minimum Gasteiger partial charge on any atom is -0.336 e. The summed E-state index contributed by atoms with van der Waals surface area (Å²) in [7, 11) is 1.84. The van der Waals surface area contributed by atoms with Crippen LogP contribution in [-0.4, -0.2) is 22.8 Å². The molecule has 0 N–H and O–H groups in total. The van der Waals surface area contributed by atoms with Gasteiger partial charge in [-0.2, -0.15) is 0 Å². The van der Waals surface area contributed by atoms with Crippen LogP contribution in [0.25, 0.3) is 0 Å². The molecule has 1 heterocycles. The van der Waals surface area contributed by atoms with Crippen molar-refractivity contribution in [2.45, 2.75) is 33.7 Å². The van der Waals surface area contributed by atoms with Gasteiger partial charge in [-0.1, -0.05) is 13.8 Å². The first-order valence-corrected chi connectivity index (χ1v) is 6.00. The third-order valence-electron chi connectivity index (χ3n) is 2.42. The topological polar surface area (TPSA) is 33.2 Å². The average molecular weight is 226 g/mol. The summed E-state index contributed by atoms with van der Waals surface area (Å²) in [5.74, 6) is 0.203. The molecule has 3 nitrogen and oxygen atoms in total. The Morgan fingerprint density at radius 2 is 2.07 bits per heavy atom. The molecular weight excluding hydrogens is 208 g/mol. The molecule has 84 valence electrons. The molecule has 15 heavy (non-hydrogen) atoms. The first-order chi connectivity index (χ1) is 6.93. The van der Waals surface area contributed by atoms with Gasteiger partial charge in [0.05, 0.1) is 6.04 Å². The molecule has 0 aliphatic rings. The number of hydrogen-bond donors (Lipinski definition) is 0. The zero-order valence-electron chi connectivity index (χ0n) is 9.94. The molecule has 0 bridgehead atoms. The summed E-state index contributed by atoms with van der Waals surface area (Å²) in [4.78, 5) is 17.9. The van der Waals surface area contributed by atoms with E-state index in [4.69, 9.17) is 0 Å². The van der Waals surface area contributed by atoms with Crippen LogP contribution in [0.1, 0.15) is 37.5 Å². The molecule has 0 saturated carbocycles. The van der Waals surface area contributed by atoms with E-state index in [1.165, 1.54) is 0 Å². The highest BCUT2D eigenvalue weighted by molar-refractivity contribution is 7.09. The smallest absolute Gasteiger partial charge is 0.225 e. The normalized spacial score (nSPS) is 12.9. The van der Waals surface area contributed by atoms with Gasteiger partial charge in [0, 0.05) is 24.0 Å². The molecule has 0 aliphatic heterocycles. The van der Waals surface area contributed by atoms with E-state index in [9.17, 15) is 4.79 Å². The van der Waals surface area contributed by atoms with Crippen LogP contribution in [0, 0.1) is 12.8 Å². The van der Waals surface area contributed by atoms with E-state index in [0.717, 1.165) is 10.7 Å². The lowest BCUT2D eigenvalue weighted by atomic mass is 10.1. The zero-order chi connectivity index (χ0) is 11.6. The Balaban J connectivity index is 2.76. The Labute approximate surface area is 95.1 Å².